The smallest absolute Gasteiger partial charge is 0.317 e. The first-order valence-electron chi connectivity index (χ1n) is 7.68. The molecular weight excluding hydrogens is 272 g/mol. The molecule has 6 nitrogen and oxygen atoms in total. The first kappa shape index (κ1) is 17.8. The van der Waals surface area contributed by atoms with Gasteiger partial charge < -0.3 is 20.1 Å². The molecule has 0 bridgehead atoms. The van der Waals surface area contributed by atoms with Crippen molar-refractivity contribution in [1.82, 2.24) is 10.2 Å². The number of carbonyl (C=O) groups is 2. The van der Waals surface area contributed by atoms with E-state index in [-0.39, 0.29) is 18.7 Å². The number of hydrogen-bond donors (Lipinski definition) is 2. The molecule has 2 N–H and O–H groups in total. The molecular formula is C15H28N2O4. The van der Waals surface area contributed by atoms with E-state index >= 15 is 0 Å². The van der Waals surface area contributed by atoms with Crippen LogP contribution in [0.2, 0.25) is 0 Å². The van der Waals surface area contributed by atoms with Crippen molar-refractivity contribution in [3.63, 3.8) is 0 Å². The minimum absolute atomic E-state index is 0.137. The number of carboxylic acids is 1. The standard InChI is InChI=1S/C15H28N2O4/c1-5-21-12(11(2)3)6-8-16-14(20)17-9-7-15(4,10-17)13(18)19/h11-12H,5-10H2,1-4H3,(H,16,20)(H,18,19). The van der Waals surface area contributed by atoms with E-state index in [0.29, 0.717) is 32.0 Å². The first-order valence-corrected chi connectivity index (χ1v) is 7.68. The van der Waals surface area contributed by atoms with Crippen molar-refractivity contribution in [1.29, 1.82) is 0 Å². The van der Waals surface area contributed by atoms with E-state index in [1.54, 1.807) is 11.8 Å². The summed E-state index contributed by atoms with van der Waals surface area (Å²) in [5.41, 5.74) is -0.816. The van der Waals surface area contributed by atoms with Crippen LogP contribution in [0.3, 0.4) is 0 Å². The number of nitrogens with one attached hydrogen (secondary N) is 1. The fourth-order valence-corrected chi connectivity index (χ4v) is 2.57. The van der Waals surface area contributed by atoms with Crippen molar-refractivity contribution in [3.8, 4) is 0 Å². The maximum atomic E-state index is 12.0. The van der Waals surface area contributed by atoms with Crippen LogP contribution in [0.4, 0.5) is 4.79 Å². The van der Waals surface area contributed by atoms with E-state index in [4.69, 9.17) is 9.84 Å². The Balaban J connectivity index is 2.36. The van der Waals surface area contributed by atoms with Crippen molar-refractivity contribution in [3.05, 3.63) is 0 Å². The average Bonchev–Trinajstić information content (AvgIpc) is 2.81. The molecule has 0 aromatic carbocycles. The number of carbonyl (C=O) groups excluding carboxylic acids is 1. The average molecular weight is 300 g/mol. The highest BCUT2D eigenvalue weighted by Crippen LogP contribution is 2.29. The summed E-state index contributed by atoms with van der Waals surface area (Å²) in [5.74, 6) is -0.432. The van der Waals surface area contributed by atoms with Gasteiger partial charge in [-0.2, -0.15) is 0 Å². The molecule has 1 heterocycles. The molecule has 0 saturated carbocycles. The third-order valence-corrected chi connectivity index (χ3v) is 4.11. The van der Waals surface area contributed by atoms with Gasteiger partial charge in [-0.3, -0.25) is 4.79 Å². The summed E-state index contributed by atoms with van der Waals surface area (Å²) in [6.07, 6.45) is 1.41. The molecule has 1 aliphatic heterocycles. The summed E-state index contributed by atoms with van der Waals surface area (Å²) >= 11 is 0. The Morgan fingerprint density at radius 2 is 2.10 bits per heavy atom. The van der Waals surface area contributed by atoms with Crippen LogP contribution in [0.1, 0.15) is 40.5 Å². The number of likely N-dealkylation sites (tertiary alicyclic amines) is 1. The third-order valence-electron chi connectivity index (χ3n) is 4.11. The fourth-order valence-electron chi connectivity index (χ4n) is 2.57. The Labute approximate surface area is 126 Å². The molecule has 0 aliphatic carbocycles. The van der Waals surface area contributed by atoms with Crippen molar-refractivity contribution in [2.45, 2.75) is 46.6 Å². The van der Waals surface area contributed by atoms with Gasteiger partial charge >= 0.3 is 12.0 Å². The lowest BCUT2D eigenvalue weighted by Gasteiger charge is -2.23. The lowest BCUT2D eigenvalue weighted by atomic mass is 9.90. The van der Waals surface area contributed by atoms with Gasteiger partial charge in [0.1, 0.15) is 0 Å². The lowest BCUT2D eigenvalue weighted by Crippen LogP contribution is -2.42. The number of aliphatic carboxylic acids is 1. The molecule has 21 heavy (non-hydrogen) atoms. The molecule has 2 atom stereocenters. The van der Waals surface area contributed by atoms with Crippen LogP contribution in [-0.2, 0) is 9.53 Å². The van der Waals surface area contributed by atoms with E-state index in [2.05, 4.69) is 19.2 Å². The Morgan fingerprint density at radius 3 is 2.57 bits per heavy atom. The van der Waals surface area contributed by atoms with Crippen LogP contribution in [0, 0.1) is 11.3 Å². The second-order valence-corrected chi connectivity index (χ2v) is 6.30. The second-order valence-electron chi connectivity index (χ2n) is 6.30. The number of carboxylic acid groups (broad SMARTS) is 1. The summed E-state index contributed by atoms with van der Waals surface area (Å²) in [6.45, 7) is 9.82. The lowest BCUT2D eigenvalue weighted by molar-refractivity contribution is -0.146. The molecule has 1 aliphatic rings. The van der Waals surface area contributed by atoms with Gasteiger partial charge in [-0.05, 0) is 32.6 Å². The predicted molar refractivity (Wildman–Crippen MR) is 80.2 cm³/mol. The molecule has 1 rings (SSSR count). The minimum Gasteiger partial charge on any atom is -0.481 e. The third kappa shape index (κ3) is 4.88. The topological polar surface area (TPSA) is 78.9 Å². The highest BCUT2D eigenvalue weighted by atomic mass is 16.5. The highest BCUT2D eigenvalue weighted by molar-refractivity contribution is 5.79. The number of hydrogen-bond acceptors (Lipinski definition) is 3. The SMILES string of the molecule is CCOC(CCNC(=O)N1CCC(C)(C(=O)O)C1)C(C)C. The van der Waals surface area contributed by atoms with Gasteiger partial charge in [-0.15, -0.1) is 0 Å². The predicted octanol–water partition coefficient (Wildman–Crippen LogP) is 1.94. The molecule has 1 saturated heterocycles. The molecule has 2 amide bonds. The number of rotatable bonds is 7. The van der Waals surface area contributed by atoms with Crippen molar-refractivity contribution >= 4 is 12.0 Å². The van der Waals surface area contributed by atoms with Crippen LogP contribution < -0.4 is 5.32 Å². The van der Waals surface area contributed by atoms with Gasteiger partial charge in [0.05, 0.1) is 11.5 Å². The number of amides is 2. The Morgan fingerprint density at radius 1 is 1.43 bits per heavy atom. The summed E-state index contributed by atoms with van der Waals surface area (Å²) in [7, 11) is 0. The van der Waals surface area contributed by atoms with Gasteiger partial charge in [0, 0.05) is 26.2 Å². The summed E-state index contributed by atoms with van der Waals surface area (Å²) in [6, 6.07) is -0.182. The Kier molecular flexibility index (Phi) is 6.45. The fraction of sp³-hybridized carbons (Fsp3) is 0.867. The molecule has 1 fully saturated rings. The highest BCUT2D eigenvalue weighted by Gasteiger charge is 2.42. The zero-order valence-electron chi connectivity index (χ0n) is 13.5. The van der Waals surface area contributed by atoms with Crippen molar-refractivity contribution in [2.75, 3.05) is 26.2 Å². The molecule has 0 radical (unpaired) electrons. The quantitative estimate of drug-likeness (QED) is 0.753. The number of urea groups is 1. The normalized spacial score (nSPS) is 23.4. The summed E-state index contributed by atoms with van der Waals surface area (Å²) in [5, 5.41) is 12.0. The van der Waals surface area contributed by atoms with Crippen LogP contribution in [0.25, 0.3) is 0 Å². The van der Waals surface area contributed by atoms with Crippen molar-refractivity contribution < 1.29 is 19.4 Å². The second kappa shape index (κ2) is 7.64. The van der Waals surface area contributed by atoms with Gasteiger partial charge in [-0.1, -0.05) is 13.8 Å². The molecule has 122 valence electrons. The van der Waals surface area contributed by atoms with Crippen LogP contribution in [0.15, 0.2) is 0 Å². The molecule has 0 aromatic rings. The van der Waals surface area contributed by atoms with Crippen molar-refractivity contribution in [2.24, 2.45) is 11.3 Å². The molecule has 0 spiro atoms. The van der Waals surface area contributed by atoms with E-state index in [1.807, 2.05) is 6.92 Å². The van der Waals surface area contributed by atoms with Crippen LogP contribution >= 0.6 is 0 Å². The van der Waals surface area contributed by atoms with E-state index in [0.717, 1.165) is 6.42 Å². The largest absolute Gasteiger partial charge is 0.481 e. The zero-order chi connectivity index (χ0) is 16.0. The van der Waals surface area contributed by atoms with Crippen LogP contribution in [0.5, 0.6) is 0 Å². The maximum absolute atomic E-state index is 12.0. The van der Waals surface area contributed by atoms with Gasteiger partial charge in [-0.25, -0.2) is 4.79 Å². The minimum atomic E-state index is -0.839. The van der Waals surface area contributed by atoms with E-state index in [1.165, 1.54) is 0 Å². The summed E-state index contributed by atoms with van der Waals surface area (Å²) in [4.78, 5) is 24.8. The van der Waals surface area contributed by atoms with E-state index in [9.17, 15) is 9.59 Å². The number of nitrogens with zero attached hydrogens (tertiary/aromatic N) is 1. The van der Waals surface area contributed by atoms with Gasteiger partial charge in [0.25, 0.3) is 0 Å². The Hall–Kier alpha value is -1.30. The van der Waals surface area contributed by atoms with Gasteiger partial charge in [0.15, 0.2) is 0 Å². The van der Waals surface area contributed by atoms with Gasteiger partial charge in [0.2, 0.25) is 0 Å². The monoisotopic (exact) mass is 300 g/mol. The molecule has 2 unspecified atom stereocenters. The van der Waals surface area contributed by atoms with E-state index < -0.39 is 11.4 Å². The molecule has 6 heteroatoms. The maximum Gasteiger partial charge on any atom is 0.317 e. The zero-order valence-corrected chi connectivity index (χ0v) is 13.5. The van der Waals surface area contributed by atoms with Crippen LogP contribution in [-0.4, -0.2) is 54.4 Å². The Bertz CT molecular complexity index is 373. The number of ether oxygens (including phenoxy) is 1. The molecule has 0 aromatic heterocycles. The first-order chi connectivity index (χ1) is 9.80. The summed E-state index contributed by atoms with van der Waals surface area (Å²) < 4.78 is 5.63.